The van der Waals surface area contributed by atoms with E-state index in [1.807, 2.05) is 0 Å². The van der Waals surface area contributed by atoms with Crippen molar-refractivity contribution in [3.8, 4) is 0 Å². The number of hydrogen-bond acceptors (Lipinski definition) is 2. The number of hydrogen-bond donors (Lipinski definition) is 1. The molecule has 0 radical (unpaired) electrons. The third-order valence-corrected chi connectivity index (χ3v) is 2.97. The summed E-state index contributed by atoms with van der Waals surface area (Å²) in [6, 6.07) is 5.08. The Bertz CT molecular complexity index is 326. The lowest BCUT2D eigenvalue weighted by Gasteiger charge is -2.27. The summed E-state index contributed by atoms with van der Waals surface area (Å²) < 4.78 is 19.3. The lowest BCUT2D eigenvalue weighted by Crippen LogP contribution is -2.34. The van der Waals surface area contributed by atoms with Gasteiger partial charge in [-0.15, -0.1) is 0 Å². The van der Waals surface area contributed by atoms with E-state index in [-0.39, 0.29) is 12.4 Å². The van der Waals surface area contributed by atoms with Crippen LogP contribution in [-0.2, 0) is 10.3 Å². The lowest BCUT2D eigenvalue weighted by molar-refractivity contribution is 0.00707. The molecule has 0 heterocycles. The second-order valence-corrected chi connectivity index (χ2v) is 4.09. The number of halogens is 2. The largest absolute Gasteiger partial charge is 0.372 e. The summed E-state index contributed by atoms with van der Waals surface area (Å²) in [4.78, 5) is 0. The molecule has 1 aromatic rings. The van der Waals surface area contributed by atoms with Crippen LogP contribution in [0.1, 0.15) is 12.5 Å². The summed E-state index contributed by atoms with van der Waals surface area (Å²) >= 11 is 3.13. The molecule has 1 atom stereocenters. The first-order valence-corrected chi connectivity index (χ1v) is 5.04. The van der Waals surface area contributed by atoms with Crippen LogP contribution in [0, 0.1) is 5.82 Å². The Kier molecular flexibility index (Phi) is 3.64. The van der Waals surface area contributed by atoms with Crippen LogP contribution < -0.4 is 5.73 Å². The molecule has 1 rings (SSSR count). The molecular formula is C10H13BrFNO. The zero-order valence-corrected chi connectivity index (χ0v) is 9.77. The fourth-order valence-electron chi connectivity index (χ4n) is 1.22. The molecule has 14 heavy (non-hydrogen) atoms. The molecule has 1 unspecified atom stereocenters. The van der Waals surface area contributed by atoms with Crippen molar-refractivity contribution < 1.29 is 9.13 Å². The molecule has 0 spiro atoms. The van der Waals surface area contributed by atoms with Gasteiger partial charge in [-0.3, -0.25) is 0 Å². The minimum atomic E-state index is -0.770. The monoisotopic (exact) mass is 261 g/mol. The Labute approximate surface area is 91.4 Å². The summed E-state index contributed by atoms with van der Waals surface area (Å²) in [6.07, 6.45) is 0. The van der Waals surface area contributed by atoms with Gasteiger partial charge in [0, 0.05) is 19.2 Å². The van der Waals surface area contributed by atoms with Gasteiger partial charge < -0.3 is 10.5 Å². The highest BCUT2D eigenvalue weighted by molar-refractivity contribution is 9.10. The van der Waals surface area contributed by atoms with E-state index in [2.05, 4.69) is 15.9 Å². The van der Waals surface area contributed by atoms with Crippen molar-refractivity contribution in [2.45, 2.75) is 12.5 Å². The van der Waals surface area contributed by atoms with Crippen molar-refractivity contribution in [3.05, 3.63) is 34.1 Å². The van der Waals surface area contributed by atoms with Crippen LogP contribution in [0.2, 0.25) is 0 Å². The molecule has 0 amide bonds. The second kappa shape index (κ2) is 4.38. The first-order chi connectivity index (χ1) is 6.55. The van der Waals surface area contributed by atoms with Crippen molar-refractivity contribution in [2.75, 3.05) is 13.7 Å². The predicted octanol–water partition coefficient (Wildman–Crippen LogP) is 2.41. The molecule has 0 aliphatic heterocycles. The predicted molar refractivity (Wildman–Crippen MR) is 57.5 cm³/mol. The minimum absolute atomic E-state index is 0.233. The molecule has 0 bridgehead atoms. The molecule has 0 fully saturated rings. The number of nitrogens with two attached hydrogens (primary N) is 1. The summed E-state index contributed by atoms with van der Waals surface area (Å²) in [5.41, 5.74) is 5.26. The fraction of sp³-hybridized carbons (Fsp3) is 0.400. The maximum absolute atomic E-state index is 13.7. The summed E-state index contributed by atoms with van der Waals surface area (Å²) in [7, 11) is 1.52. The number of benzene rings is 1. The average Bonchev–Trinajstić information content (AvgIpc) is 2.21. The Morgan fingerprint density at radius 2 is 2.21 bits per heavy atom. The SMILES string of the molecule is COC(C)(CN)c1cccc(Br)c1F. The Balaban J connectivity index is 3.24. The van der Waals surface area contributed by atoms with Gasteiger partial charge in [-0.25, -0.2) is 4.39 Å². The Morgan fingerprint density at radius 3 is 2.71 bits per heavy atom. The van der Waals surface area contributed by atoms with Crippen LogP contribution in [-0.4, -0.2) is 13.7 Å². The summed E-state index contributed by atoms with van der Waals surface area (Å²) in [5.74, 6) is -0.317. The molecule has 2 N–H and O–H groups in total. The number of methoxy groups -OCH3 is 1. The van der Waals surface area contributed by atoms with Crippen molar-refractivity contribution >= 4 is 15.9 Å². The van der Waals surface area contributed by atoms with Crippen LogP contribution in [0.5, 0.6) is 0 Å². The van der Waals surface area contributed by atoms with Crippen LogP contribution in [0.15, 0.2) is 22.7 Å². The van der Waals surface area contributed by atoms with Gasteiger partial charge in [-0.05, 0) is 28.9 Å². The number of rotatable bonds is 3. The molecule has 0 saturated carbocycles. The van der Waals surface area contributed by atoms with Gasteiger partial charge >= 0.3 is 0 Å². The summed E-state index contributed by atoms with van der Waals surface area (Å²) in [6.45, 7) is 1.99. The quantitative estimate of drug-likeness (QED) is 0.907. The van der Waals surface area contributed by atoms with Crippen molar-refractivity contribution in [1.82, 2.24) is 0 Å². The topological polar surface area (TPSA) is 35.2 Å². The highest BCUT2D eigenvalue weighted by Crippen LogP contribution is 2.29. The third-order valence-electron chi connectivity index (χ3n) is 2.36. The normalized spacial score (nSPS) is 15.2. The van der Waals surface area contributed by atoms with Gasteiger partial charge in [0.05, 0.1) is 4.47 Å². The van der Waals surface area contributed by atoms with Crippen molar-refractivity contribution in [1.29, 1.82) is 0 Å². The molecule has 0 aliphatic carbocycles. The van der Waals surface area contributed by atoms with E-state index >= 15 is 0 Å². The minimum Gasteiger partial charge on any atom is -0.372 e. The highest BCUT2D eigenvalue weighted by atomic mass is 79.9. The molecule has 78 valence electrons. The first kappa shape index (κ1) is 11.6. The van der Waals surface area contributed by atoms with Crippen LogP contribution >= 0.6 is 15.9 Å². The van der Waals surface area contributed by atoms with Gasteiger partial charge in [-0.2, -0.15) is 0 Å². The van der Waals surface area contributed by atoms with Gasteiger partial charge in [0.15, 0.2) is 0 Å². The molecule has 4 heteroatoms. The molecular weight excluding hydrogens is 249 g/mol. The standard InChI is InChI=1S/C10H13BrFNO/c1-10(6-13,14-2)7-4-3-5-8(11)9(7)12/h3-5H,6,13H2,1-2H3. The summed E-state index contributed by atoms with van der Waals surface area (Å²) in [5, 5.41) is 0. The van der Waals surface area contributed by atoms with Gasteiger partial charge in [0.2, 0.25) is 0 Å². The van der Waals surface area contributed by atoms with E-state index < -0.39 is 5.60 Å². The second-order valence-electron chi connectivity index (χ2n) is 3.24. The first-order valence-electron chi connectivity index (χ1n) is 4.25. The van der Waals surface area contributed by atoms with Crippen LogP contribution in [0.4, 0.5) is 4.39 Å². The highest BCUT2D eigenvalue weighted by Gasteiger charge is 2.28. The van der Waals surface area contributed by atoms with Gasteiger partial charge in [0.1, 0.15) is 11.4 Å². The van der Waals surface area contributed by atoms with Crippen LogP contribution in [0.3, 0.4) is 0 Å². The van der Waals surface area contributed by atoms with Crippen molar-refractivity contribution in [2.24, 2.45) is 5.73 Å². The van der Waals surface area contributed by atoms with E-state index in [1.54, 1.807) is 25.1 Å². The lowest BCUT2D eigenvalue weighted by atomic mass is 9.95. The zero-order chi connectivity index (χ0) is 10.8. The molecule has 0 aliphatic rings. The van der Waals surface area contributed by atoms with Gasteiger partial charge in [-0.1, -0.05) is 12.1 Å². The van der Waals surface area contributed by atoms with Crippen molar-refractivity contribution in [3.63, 3.8) is 0 Å². The van der Waals surface area contributed by atoms with E-state index in [1.165, 1.54) is 7.11 Å². The maximum atomic E-state index is 13.7. The number of ether oxygens (including phenoxy) is 1. The zero-order valence-electron chi connectivity index (χ0n) is 8.18. The average molecular weight is 262 g/mol. The third kappa shape index (κ3) is 1.97. The molecule has 0 aromatic heterocycles. The smallest absolute Gasteiger partial charge is 0.143 e. The van der Waals surface area contributed by atoms with E-state index in [4.69, 9.17) is 10.5 Å². The van der Waals surface area contributed by atoms with Gasteiger partial charge in [0.25, 0.3) is 0 Å². The van der Waals surface area contributed by atoms with E-state index in [0.29, 0.717) is 10.0 Å². The fourth-order valence-corrected chi connectivity index (χ4v) is 1.58. The molecule has 2 nitrogen and oxygen atoms in total. The van der Waals surface area contributed by atoms with E-state index in [9.17, 15) is 4.39 Å². The maximum Gasteiger partial charge on any atom is 0.143 e. The molecule has 0 saturated heterocycles. The van der Waals surface area contributed by atoms with Crippen LogP contribution in [0.25, 0.3) is 0 Å². The Morgan fingerprint density at radius 1 is 1.57 bits per heavy atom. The molecule has 1 aromatic carbocycles. The Hall–Kier alpha value is -0.450. The van der Waals surface area contributed by atoms with E-state index in [0.717, 1.165) is 0 Å².